The number of nitrogens with zero attached hydrogens (tertiary/aromatic N) is 3. The molecule has 0 radical (unpaired) electrons. The van der Waals surface area contributed by atoms with Gasteiger partial charge in [-0.15, -0.1) is 0 Å². The highest BCUT2D eigenvalue weighted by Gasteiger charge is 2.48. The normalized spacial score (nSPS) is 14.9. The second kappa shape index (κ2) is 6.53. The molecule has 4 amide bonds. The standard InChI is InChI=1S/C23H16N4O4/c1-13-12-14(24)10-11-19(13)27(25-20(28)15-6-2-3-7-16(15)21(25)29)26-22(30)17-8-4-5-9-18(17)23(26)31/h2-12H,24H2,1H3. The average molecular weight is 412 g/mol. The molecule has 8 heteroatoms. The lowest BCUT2D eigenvalue weighted by molar-refractivity contribution is 0.0409. The fourth-order valence-corrected chi connectivity index (χ4v) is 3.91. The minimum Gasteiger partial charge on any atom is -0.399 e. The number of fused-ring (bicyclic) bond motifs is 2. The summed E-state index contributed by atoms with van der Waals surface area (Å²) in [6.45, 7) is 1.72. The number of hydrazine groups is 2. The molecule has 0 unspecified atom stereocenters. The second-order valence-electron chi connectivity index (χ2n) is 7.27. The van der Waals surface area contributed by atoms with E-state index >= 15 is 0 Å². The molecule has 2 N–H and O–H groups in total. The minimum absolute atomic E-state index is 0.196. The first-order chi connectivity index (χ1) is 14.9. The number of nitrogen functional groups attached to an aromatic ring is 1. The van der Waals surface area contributed by atoms with Crippen molar-refractivity contribution in [1.82, 2.24) is 10.0 Å². The van der Waals surface area contributed by atoms with Crippen molar-refractivity contribution < 1.29 is 19.2 Å². The third-order valence-corrected chi connectivity index (χ3v) is 5.36. The van der Waals surface area contributed by atoms with Crippen molar-refractivity contribution in [3.63, 3.8) is 0 Å². The zero-order valence-corrected chi connectivity index (χ0v) is 16.4. The summed E-state index contributed by atoms with van der Waals surface area (Å²) in [5, 5.41) is 2.71. The Balaban J connectivity index is 1.71. The van der Waals surface area contributed by atoms with Crippen molar-refractivity contribution in [2.45, 2.75) is 6.92 Å². The Morgan fingerprint density at radius 3 is 1.39 bits per heavy atom. The lowest BCUT2D eigenvalue weighted by Crippen LogP contribution is -2.58. The Morgan fingerprint density at radius 1 is 0.645 bits per heavy atom. The summed E-state index contributed by atoms with van der Waals surface area (Å²) in [6.07, 6.45) is 0. The van der Waals surface area contributed by atoms with Gasteiger partial charge in [0.2, 0.25) is 0 Å². The van der Waals surface area contributed by atoms with Crippen molar-refractivity contribution in [2.75, 3.05) is 10.9 Å². The SMILES string of the molecule is Cc1cc(N)ccc1N(N1C(=O)c2ccccc2C1=O)N1C(=O)c2ccccc2C1=O. The van der Waals surface area contributed by atoms with E-state index in [2.05, 4.69) is 0 Å². The number of hydrogen-bond acceptors (Lipinski definition) is 6. The molecule has 8 nitrogen and oxygen atoms in total. The van der Waals surface area contributed by atoms with Crippen LogP contribution in [0.1, 0.15) is 47.0 Å². The average Bonchev–Trinajstić information content (AvgIpc) is 3.16. The number of carbonyl (C=O) groups is 4. The third-order valence-electron chi connectivity index (χ3n) is 5.36. The van der Waals surface area contributed by atoms with Gasteiger partial charge < -0.3 is 5.73 Å². The predicted octanol–water partition coefficient (Wildman–Crippen LogP) is 2.81. The summed E-state index contributed by atoms with van der Waals surface area (Å²) >= 11 is 0. The van der Waals surface area contributed by atoms with Crippen molar-refractivity contribution in [3.8, 4) is 0 Å². The topological polar surface area (TPSA) is 104 Å². The molecule has 0 bridgehead atoms. The van der Waals surface area contributed by atoms with Crippen LogP contribution in [-0.2, 0) is 0 Å². The van der Waals surface area contributed by atoms with Crippen molar-refractivity contribution in [2.24, 2.45) is 0 Å². The number of nitrogens with two attached hydrogens (primary N) is 1. The Morgan fingerprint density at radius 2 is 1.03 bits per heavy atom. The van der Waals surface area contributed by atoms with Crippen LogP contribution >= 0.6 is 0 Å². The number of benzene rings is 3. The van der Waals surface area contributed by atoms with Crippen LogP contribution < -0.4 is 10.9 Å². The molecule has 0 atom stereocenters. The molecule has 2 aliphatic heterocycles. The monoisotopic (exact) mass is 412 g/mol. The van der Waals surface area contributed by atoms with Gasteiger partial charge in [0.05, 0.1) is 27.9 Å². The summed E-state index contributed by atoms with van der Waals surface area (Å²) in [5.74, 6) is -2.52. The number of rotatable bonds is 3. The van der Waals surface area contributed by atoms with Crippen LogP contribution in [0.25, 0.3) is 0 Å². The van der Waals surface area contributed by atoms with Gasteiger partial charge in [0, 0.05) is 5.69 Å². The molecule has 0 aromatic heterocycles. The molecular formula is C23H16N4O4. The Bertz CT molecular complexity index is 1170. The first-order valence-corrected chi connectivity index (χ1v) is 9.52. The highest BCUT2D eigenvalue weighted by Crippen LogP contribution is 2.35. The van der Waals surface area contributed by atoms with Crippen LogP contribution in [-0.4, -0.2) is 33.6 Å². The van der Waals surface area contributed by atoms with Gasteiger partial charge in [-0.05, 0) is 55.0 Å². The van der Waals surface area contributed by atoms with Crippen LogP contribution in [0.2, 0.25) is 0 Å². The highest BCUT2D eigenvalue weighted by molar-refractivity contribution is 6.25. The largest absolute Gasteiger partial charge is 0.399 e. The van der Waals surface area contributed by atoms with E-state index in [0.717, 1.165) is 15.1 Å². The Hall–Kier alpha value is -4.46. The van der Waals surface area contributed by atoms with E-state index in [1.165, 1.54) is 24.3 Å². The molecule has 3 aromatic rings. The van der Waals surface area contributed by atoms with E-state index in [0.29, 0.717) is 16.9 Å². The molecule has 2 heterocycles. The summed E-state index contributed by atoms with van der Waals surface area (Å²) in [4.78, 5) is 52.9. The van der Waals surface area contributed by atoms with Gasteiger partial charge in [0.1, 0.15) is 0 Å². The van der Waals surface area contributed by atoms with Crippen LogP contribution in [0, 0.1) is 6.92 Å². The fourth-order valence-electron chi connectivity index (χ4n) is 3.91. The Kier molecular flexibility index (Phi) is 3.91. The van der Waals surface area contributed by atoms with Crippen molar-refractivity contribution in [3.05, 3.63) is 94.5 Å². The van der Waals surface area contributed by atoms with Gasteiger partial charge in [-0.25, -0.2) is 0 Å². The molecule has 0 fully saturated rings. The molecule has 0 saturated carbocycles. The maximum absolute atomic E-state index is 13.2. The third kappa shape index (κ3) is 2.55. The highest BCUT2D eigenvalue weighted by atomic mass is 16.2. The van der Waals surface area contributed by atoms with Gasteiger partial charge in [0.15, 0.2) is 0 Å². The summed E-state index contributed by atoms with van der Waals surface area (Å²) < 4.78 is 0. The van der Waals surface area contributed by atoms with E-state index in [-0.39, 0.29) is 22.3 Å². The molecular weight excluding hydrogens is 396 g/mol. The van der Waals surface area contributed by atoms with E-state index in [1.807, 2.05) is 0 Å². The number of amides is 4. The van der Waals surface area contributed by atoms with E-state index in [1.54, 1.807) is 49.4 Å². The van der Waals surface area contributed by atoms with Gasteiger partial charge in [0.25, 0.3) is 23.6 Å². The lowest BCUT2D eigenvalue weighted by atomic mass is 10.1. The van der Waals surface area contributed by atoms with Crippen LogP contribution in [0.3, 0.4) is 0 Å². The Labute approximate surface area is 177 Å². The molecule has 0 spiro atoms. The number of hydrogen-bond donors (Lipinski definition) is 1. The first-order valence-electron chi connectivity index (χ1n) is 9.52. The summed E-state index contributed by atoms with van der Waals surface area (Å²) in [6, 6.07) is 17.5. The second-order valence-corrected chi connectivity index (χ2v) is 7.27. The summed E-state index contributed by atoms with van der Waals surface area (Å²) in [7, 11) is 0. The zero-order chi connectivity index (χ0) is 21.9. The molecule has 31 heavy (non-hydrogen) atoms. The maximum atomic E-state index is 13.2. The molecule has 0 aliphatic carbocycles. The first kappa shape index (κ1) is 18.6. The van der Waals surface area contributed by atoms with Gasteiger partial charge >= 0.3 is 0 Å². The molecule has 2 aliphatic rings. The lowest BCUT2D eigenvalue weighted by Gasteiger charge is -2.37. The van der Waals surface area contributed by atoms with E-state index < -0.39 is 23.6 Å². The van der Waals surface area contributed by atoms with E-state index in [4.69, 9.17) is 5.73 Å². The zero-order valence-electron chi connectivity index (χ0n) is 16.4. The van der Waals surface area contributed by atoms with Gasteiger partial charge in [-0.1, -0.05) is 24.3 Å². The van der Waals surface area contributed by atoms with Gasteiger partial charge in [-0.2, -0.15) is 15.1 Å². The number of anilines is 2. The predicted molar refractivity (Wildman–Crippen MR) is 112 cm³/mol. The van der Waals surface area contributed by atoms with Crippen molar-refractivity contribution in [1.29, 1.82) is 0 Å². The number of imide groups is 2. The summed E-state index contributed by atoms with van der Waals surface area (Å²) in [5.41, 5.74) is 8.00. The van der Waals surface area contributed by atoms with Crippen LogP contribution in [0.5, 0.6) is 0 Å². The number of carbonyl (C=O) groups excluding carboxylic acids is 4. The maximum Gasteiger partial charge on any atom is 0.282 e. The molecule has 152 valence electrons. The van der Waals surface area contributed by atoms with Crippen LogP contribution in [0.15, 0.2) is 66.7 Å². The van der Waals surface area contributed by atoms with Crippen molar-refractivity contribution >= 4 is 35.0 Å². The molecule has 0 saturated heterocycles. The number of aryl methyl sites for hydroxylation is 1. The molecule has 3 aromatic carbocycles. The smallest absolute Gasteiger partial charge is 0.282 e. The van der Waals surface area contributed by atoms with E-state index in [9.17, 15) is 19.2 Å². The molecule has 5 rings (SSSR count). The fraction of sp³-hybridized carbons (Fsp3) is 0.0435. The minimum atomic E-state index is -0.631. The quantitative estimate of drug-likeness (QED) is 0.524. The van der Waals surface area contributed by atoms with Crippen LogP contribution in [0.4, 0.5) is 11.4 Å². The van der Waals surface area contributed by atoms with Gasteiger partial charge in [-0.3, -0.25) is 19.2 Å².